The third-order valence-corrected chi connectivity index (χ3v) is 2.37. The molecule has 0 amide bonds. The molecule has 0 saturated heterocycles. The second-order valence-corrected chi connectivity index (χ2v) is 3.60. The lowest BCUT2D eigenvalue weighted by Crippen LogP contribution is -2.34. The van der Waals surface area contributed by atoms with Crippen molar-refractivity contribution in [1.29, 1.82) is 0 Å². The summed E-state index contributed by atoms with van der Waals surface area (Å²) < 4.78 is 10.2. The summed E-state index contributed by atoms with van der Waals surface area (Å²) in [6.07, 6.45) is 0. The first-order valence-electron chi connectivity index (χ1n) is 4.31. The van der Waals surface area contributed by atoms with Crippen molar-refractivity contribution in [2.45, 2.75) is 0 Å². The van der Waals surface area contributed by atoms with Gasteiger partial charge < -0.3 is 20.2 Å². The van der Waals surface area contributed by atoms with Crippen molar-refractivity contribution in [3.63, 3.8) is 0 Å². The maximum Gasteiger partial charge on any atom is 0.185 e. The Hall–Kier alpha value is -1.24. The Morgan fingerprint density at radius 1 is 1.31 bits per heavy atom. The molecule has 0 heterocycles. The van der Waals surface area contributed by atoms with Crippen LogP contribution in [0.25, 0.3) is 0 Å². The molecule has 0 radical (unpaired) electrons. The Bertz CT molecular complexity index is 401. The van der Waals surface area contributed by atoms with Gasteiger partial charge in [0.2, 0.25) is 0 Å². The summed E-state index contributed by atoms with van der Waals surface area (Å²) in [4.78, 5) is 0. The van der Waals surface area contributed by atoms with E-state index in [0.29, 0.717) is 22.2 Å². The number of hydrazine groups is 1. The smallest absolute Gasteiger partial charge is 0.185 e. The highest BCUT2D eigenvalue weighted by molar-refractivity contribution is 7.80. The normalized spacial score (nSPS) is 9.50. The zero-order chi connectivity index (χ0) is 12.1. The number of ether oxygens (including phenoxy) is 2. The third kappa shape index (κ3) is 2.88. The van der Waals surface area contributed by atoms with Gasteiger partial charge in [-0.15, -0.1) is 0 Å². The highest BCUT2D eigenvalue weighted by atomic mass is 35.5. The fourth-order valence-corrected chi connectivity index (χ4v) is 1.47. The van der Waals surface area contributed by atoms with Gasteiger partial charge in [0.05, 0.1) is 24.9 Å². The van der Waals surface area contributed by atoms with Gasteiger partial charge in [-0.2, -0.15) is 0 Å². The van der Waals surface area contributed by atoms with Crippen molar-refractivity contribution in [1.82, 2.24) is 5.43 Å². The number of methoxy groups -OCH3 is 2. The van der Waals surface area contributed by atoms with Gasteiger partial charge >= 0.3 is 0 Å². The summed E-state index contributed by atoms with van der Waals surface area (Å²) in [5, 5.41) is 3.55. The molecule has 88 valence electrons. The van der Waals surface area contributed by atoms with E-state index >= 15 is 0 Å². The Kier molecular flexibility index (Phi) is 4.60. The van der Waals surface area contributed by atoms with E-state index in [2.05, 4.69) is 10.7 Å². The molecule has 0 atom stereocenters. The standard InChI is InChI=1S/C9H12ClN3O2S/c1-14-7-4-8(15-2)6(3-5(7)10)12-9(16)13-11/h3-4H,11H2,1-2H3,(H2,12,13,16). The van der Waals surface area contributed by atoms with E-state index in [0.717, 1.165) is 0 Å². The largest absolute Gasteiger partial charge is 0.495 e. The molecule has 0 spiro atoms. The predicted octanol–water partition coefficient (Wildman–Crippen LogP) is 1.52. The number of rotatable bonds is 3. The average molecular weight is 262 g/mol. The van der Waals surface area contributed by atoms with Crippen molar-refractivity contribution in [3.05, 3.63) is 17.2 Å². The molecular formula is C9H12ClN3O2S. The quantitative estimate of drug-likeness (QED) is 0.435. The number of hydrogen-bond donors (Lipinski definition) is 3. The maximum atomic E-state index is 5.97. The molecular weight excluding hydrogens is 250 g/mol. The van der Waals surface area contributed by atoms with Crippen LogP contribution in [0.1, 0.15) is 0 Å². The fourth-order valence-electron chi connectivity index (χ4n) is 1.12. The second-order valence-electron chi connectivity index (χ2n) is 2.79. The number of nitrogens with two attached hydrogens (primary N) is 1. The lowest BCUT2D eigenvalue weighted by molar-refractivity contribution is 0.396. The van der Waals surface area contributed by atoms with E-state index < -0.39 is 0 Å². The Balaban J connectivity index is 3.08. The summed E-state index contributed by atoms with van der Waals surface area (Å²) in [6.45, 7) is 0. The van der Waals surface area contributed by atoms with Crippen molar-refractivity contribution < 1.29 is 9.47 Å². The third-order valence-electron chi connectivity index (χ3n) is 1.85. The summed E-state index contributed by atoms with van der Waals surface area (Å²) in [5.74, 6) is 6.23. The van der Waals surface area contributed by atoms with Crippen LogP contribution in [-0.4, -0.2) is 19.3 Å². The number of nitrogens with one attached hydrogen (secondary N) is 2. The van der Waals surface area contributed by atoms with Gasteiger partial charge in [0.15, 0.2) is 5.11 Å². The van der Waals surface area contributed by atoms with E-state index in [1.54, 1.807) is 12.1 Å². The van der Waals surface area contributed by atoms with Crippen LogP contribution in [0.4, 0.5) is 5.69 Å². The minimum absolute atomic E-state index is 0.263. The zero-order valence-electron chi connectivity index (χ0n) is 8.83. The van der Waals surface area contributed by atoms with Gasteiger partial charge in [-0.1, -0.05) is 11.6 Å². The second kappa shape index (κ2) is 5.74. The topological polar surface area (TPSA) is 68.5 Å². The number of anilines is 1. The Morgan fingerprint density at radius 2 is 1.94 bits per heavy atom. The van der Waals surface area contributed by atoms with Crippen LogP contribution in [0.3, 0.4) is 0 Å². The minimum Gasteiger partial charge on any atom is -0.495 e. The van der Waals surface area contributed by atoms with Crippen molar-refractivity contribution >= 4 is 34.6 Å². The summed E-state index contributed by atoms with van der Waals surface area (Å²) in [7, 11) is 3.06. The lowest BCUT2D eigenvalue weighted by atomic mass is 10.2. The Morgan fingerprint density at radius 3 is 2.44 bits per heavy atom. The highest BCUT2D eigenvalue weighted by Gasteiger charge is 2.10. The molecule has 1 aromatic rings. The van der Waals surface area contributed by atoms with Gasteiger partial charge in [-0.25, -0.2) is 5.84 Å². The fraction of sp³-hybridized carbons (Fsp3) is 0.222. The van der Waals surface area contributed by atoms with Crippen molar-refractivity contribution in [2.75, 3.05) is 19.5 Å². The van der Waals surface area contributed by atoms with E-state index in [-0.39, 0.29) is 5.11 Å². The number of halogens is 1. The maximum absolute atomic E-state index is 5.97. The van der Waals surface area contributed by atoms with Crippen LogP contribution < -0.4 is 26.1 Å². The summed E-state index contributed by atoms with van der Waals surface area (Å²) in [6, 6.07) is 3.30. The monoisotopic (exact) mass is 261 g/mol. The van der Waals surface area contributed by atoms with Crippen LogP contribution in [0.5, 0.6) is 11.5 Å². The van der Waals surface area contributed by atoms with E-state index in [1.165, 1.54) is 14.2 Å². The molecule has 7 heteroatoms. The van der Waals surface area contributed by atoms with Crippen molar-refractivity contribution in [3.8, 4) is 11.5 Å². The van der Waals surface area contributed by atoms with Gasteiger partial charge in [-0.05, 0) is 18.3 Å². The van der Waals surface area contributed by atoms with E-state index in [4.69, 9.17) is 39.1 Å². The number of hydrogen-bond acceptors (Lipinski definition) is 4. The lowest BCUT2D eigenvalue weighted by Gasteiger charge is -2.13. The summed E-state index contributed by atoms with van der Waals surface area (Å²) in [5.41, 5.74) is 2.91. The van der Waals surface area contributed by atoms with Gasteiger partial charge in [0.1, 0.15) is 11.5 Å². The molecule has 0 unspecified atom stereocenters. The molecule has 4 N–H and O–H groups in total. The molecule has 1 rings (SSSR count). The molecule has 0 aliphatic carbocycles. The SMILES string of the molecule is COc1cc(OC)c(NC(=S)NN)cc1Cl. The number of benzene rings is 1. The predicted molar refractivity (Wildman–Crippen MR) is 68.1 cm³/mol. The van der Waals surface area contributed by atoms with Gasteiger partial charge in [0, 0.05) is 6.07 Å². The highest BCUT2D eigenvalue weighted by Crippen LogP contribution is 2.35. The van der Waals surface area contributed by atoms with Crippen LogP contribution in [0.2, 0.25) is 5.02 Å². The molecule has 16 heavy (non-hydrogen) atoms. The molecule has 0 bridgehead atoms. The number of thiocarbonyl (C=S) groups is 1. The van der Waals surface area contributed by atoms with Crippen LogP contribution in [-0.2, 0) is 0 Å². The summed E-state index contributed by atoms with van der Waals surface area (Å²) >= 11 is 10.8. The minimum atomic E-state index is 0.263. The average Bonchev–Trinajstić information content (AvgIpc) is 2.29. The molecule has 0 aliphatic rings. The van der Waals surface area contributed by atoms with Crippen LogP contribution in [0, 0.1) is 0 Å². The van der Waals surface area contributed by atoms with Crippen molar-refractivity contribution in [2.24, 2.45) is 5.84 Å². The molecule has 5 nitrogen and oxygen atoms in total. The first kappa shape index (κ1) is 12.8. The molecule has 1 aromatic carbocycles. The molecule has 0 saturated carbocycles. The van der Waals surface area contributed by atoms with Crippen LogP contribution >= 0.6 is 23.8 Å². The zero-order valence-corrected chi connectivity index (χ0v) is 10.4. The first-order chi connectivity index (χ1) is 7.62. The molecule has 0 fully saturated rings. The molecule has 0 aliphatic heterocycles. The van der Waals surface area contributed by atoms with E-state index in [9.17, 15) is 0 Å². The molecule has 0 aromatic heterocycles. The van der Waals surface area contributed by atoms with E-state index in [1.807, 2.05) is 0 Å². The Labute approximate surface area is 104 Å². The van der Waals surface area contributed by atoms with Crippen LogP contribution in [0.15, 0.2) is 12.1 Å². The van der Waals surface area contributed by atoms with Gasteiger partial charge in [-0.3, -0.25) is 0 Å². The van der Waals surface area contributed by atoms with Gasteiger partial charge in [0.25, 0.3) is 0 Å². The first-order valence-corrected chi connectivity index (χ1v) is 5.10.